The second-order valence-corrected chi connectivity index (χ2v) is 4.57. The van der Waals surface area contributed by atoms with Gasteiger partial charge in [0.15, 0.2) is 11.5 Å². The van der Waals surface area contributed by atoms with E-state index >= 15 is 0 Å². The topological polar surface area (TPSA) is 52.0 Å². The first-order valence-corrected chi connectivity index (χ1v) is 5.30. The molecule has 1 saturated carbocycles. The van der Waals surface area contributed by atoms with Crippen LogP contribution in [0.5, 0.6) is 0 Å². The van der Waals surface area contributed by atoms with E-state index in [0.717, 1.165) is 36.3 Å². The van der Waals surface area contributed by atoms with E-state index in [2.05, 4.69) is 17.1 Å². The number of oxazole rings is 1. The minimum absolute atomic E-state index is 0.0620. The van der Waals surface area contributed by atoms with E-state index in [1.165, 1.54) is 5.56 Å². The van der Waals surface area contributed by atoms with Crippen molar-refractivity contribution in [1.29, 1.82) is 0 Å². The van der Waals surface area contributed by atoms with Gasteiger partial charge in [-0.05, 0) is 37.0 Å². The molecule has 78 valence electrons. The Morgan fingerprint density at radius 3 is 3.00 bits per heavy atom. The molecule has 1 aliphatic rings. The van der Waals surface area contributed by atoms with Crippen LogP contribution in [0.25, 0.3) is 11.1 Å². The number of benzene rings is 1. The number of rotatable bonds is 2. The second-order valence-electron chi connectivity index (χ2n) is 4.57. The Balaban J connectivity index is 1.98. The zero-order valence-electron chi connectivity index (χ0n) is 8.79. The normalized spacial score (nSPS) is 18.3. The number of nitrogens with zero attached hydrogens (tertiary/aromatic N) is 1. The van der Waals surface area contributed by atoms with E-state index < -0.39 is 0 Å². The van der Waals surface area contributed by atoms with Gasteiger partial charge in [-0.15, -0.1) is 0 Å². The molecule has 0 spiro atoms. The largest absolute Gasteiger partial charge is 0.441 e. The monoisotopic (exact) mass is 202 g/mol. The van der Waals surface area contributed by atoms with Crippen molar-refractivity contribution in [2.75, 3.05) is 0 Å². The molecule has 3 nitrogen and oxygen atoms in total. The summed E-state index contributed by atoms with van der Waals surface area (Å²) in [6.45, 7) is 1.87. The fraction of sp³-hybridized carbons (Fsp3) is 0.417. The third kappa shape index (κ3) is 1.63. The first-order chi connectivity index (χ1) is 7.15. The van der Waals surface area contributed by atoms with Gasteiger partial charge in [-0.25, -0.2) is 4.98 Å². The van der Waals surface area contributed by atoms with E-state index in [9.17, 15) is 0 Å². The van der Waals surface area contributed by atoms with Crippen molar-refractivity contribution in [3.8, 4) is 0 Å². The molecule has 0 aliphatic heterocycles. The van der Waals surface area contributed by atoms with Crippen LogP contribution in [0.2, 0.25) is 0 Å². The number of hydrogen-bond acceptors (Lipinski definition) is 3. The predicted molar refractivity (Wildman–Crippen MR) is 58.6 cm³/mol. The third-order valence-corrected chi connectivity index (χ3v) is 3.01. The highest BCUT2D eigenvalue weighted by Crippen LogP contribution is 2.36. The molecule has 1 aromatic carbocycles. The van der Waals surface area contributed by atoms with Crippen molar-refractivity contribution in [3.05, 3.63) is 29.7 Å². The van der Waals surface area contributed by atoms with E-state index in [0.29, 0.717) is 0 Å². The highest BCUT2D eigenvalue weighted by Gasteiger charge is 2.37. The summed E-state index contributed by atoms with van der Waals surface area (Å²) in [6.07, 6.45) is 3.24. The fourth-order valence-corrected chi connectivity index (χ4v) is 1.94. The first kappa shape index (κ1) is 8.92. The molecule has 15 heavy (non-hydrogen) atoms. The van der Waals surface area contributed by atoms with Crippen LogP contribution < -0.4 is 5.73 Å². The molecule has 3 rings (SSSR count). The molecule has 1 fully saturated rings. The van der Waals surface area contributed by atoms with Gasteiger partial charge in [0, 0.05) is 12.5 Å². The highest BCUT2D eigenvalue weighted by molar-refractivity contribution is 5.73. The molecular formula is C12H14N2O. The van der Waals surface area contributed by atoms with Crippen LogP contribution in [0.15, 0.2) is 22.6 Å². The van der Waals surface area contributed by atoms with Gasteiger partial charge in [-0.2, -0.15) is 0 Å². The van der Waals surface area contributed by atoms with Gasteiger partial charge in [-0.3, -0.25) is 0 Å². The molecule has 1 aliphatic carbocycles. The second kappa shape index (κ2) is 2.83. The standard InChI is InChI=1S/C12H14N2O/c1-8-14-10-6-9(2-3-11(10)15-8)7-12(13)4-5-12/h2-3,6H,4-5,7,13H2,1H3. The van der Waals surface area contributed by atoms with Crippen LogP contribution in [0, 0.1) is 6.92 Å². The Labute approximate surface area is 88.3 Å². The molecule has 1 heterocycles. The summed E-state index contributed by atoms with van der Waals surface area (Å²) in [4.78, 5) is 4.32. The molecule has 0 unspecified atom stereocenters. The van der Waals surface area contributed by atoms with Crippen molar-refractivity contribution in [1.82, 2.24) is 4.98 Å². The molecule has 0 amide bonds. The maximum absolute atomic E-state index is 6.08. The lowest BCUT2D eigenvalue weighted by molar-refractivity contribution is 0.561. The Kier molecular flexibility index (Phi) is 1.68. The van der Waals surface area contributed by atoms with Crippen molar-refractivity contribution in [2.24, 2.45) is 5.73 Å². The fourth-order valence-electron chi connectivity index (χ4n) is 1.94. The summed E-state index contributed by atoms with van der Waals surface area (Å²) in [5.74, 6) is 0.719. The van der Waals surface area contributed by atoms with Gasteiger partial charge in [0.25, 0.3) is 0 Å². The lowest BCUT2D eigenvalue weighted by Crippen LogP contribution is -2.24. The van der Waals surface area contributed by atoms with Crippen molar-refractivity contribution < 1.29 is 4.42 Å². The molecule has 0 atom stereocenters. The summed E-state index contributed by atoms with van der Waals surface area (Å²) in [6, 6.07) is 6.15. The summed E-state index contributed by atoms with van der Waals surface area (Å²) in [5.41, 5.74) is 9.20. The lowest BCUT2D eigenvalue weighted by Gasteiger charge is -2.07. The van der Waals surface area contributed by atoms with E-state index in [1.807, 2.05) is 13.0 Å². The van der Waals surface area contributed by atoms with E-state index in [-0.39, 0.29) is 5.54 Å². The van der Waals surface area contributed by atoms with Crippen LogP contribution in [0.4, 0.5) is 0 Å². The van der Waals surface area contributed by atoms with Gasteiger partial charge in [-0.1, -0.05) is 6.07 Å². The van der Waals surface area contributed by atoms with Gasteiger partial charge in [0.05, 0.1) is 0 Å². The average molecular weight is 202 g/mol. The SMILES string of the molecule is Cc1nc2cc(CC3(N)CC3)ccc2o1. The Bertz CT molecular complexity index is 511. The van der Waals surface area contributed by atoms with E-state index in [4.69, 9.17) is 10.2 Å². The molecule has 2 N–H and O–H groups in total. The van der Waals surface area contributed by atoms with Crippen LogP contribution in [0.1, 0.15) is 24.3 Å². The quantitative estimate of drug-likeness (QED) is 0.812. The highest BCUT2D eigenvalue weighted by atomic mass is 16.3. The minimum Gasteiger partial charge on any atom is -0.441 e. The molecule has 0 bridgehead atoms. The first-order valence-electron chi connectivity index (χ1n) is 5.30. The van der Waals surface area contributed by atoms with Crippen LogP contribution in [-0.2, 0) is 6.42 Å². The van der Waals surface area contributed by atoms with Gasteiger partial charge in [0.2, 0.25) is 0 Å². The molecule has 0 saturated heterocycles. The lowest BCUT2D eigenvalue weighted by atomic mass is 10.0. The Morgan fingerprint density at radius 2 is 2.27 bits per heavy atom. The molecule has 1 aromatic heterocycles. The summed E-state index contributed by atoms with van der Waals surface area (Å²) in [7, 11) is 0. The predicted octanol–water partition coefficient (Wildman–Crippen LogP) is 2.17. The molecular weight excluding hydrogens is 188 g/mol. The maximum Gasteiger partial charge on any atom is 0.192 e. The van der Waals surface area contributed by atoms with Gasteiger partial charge < -0.3 is 10.2 Å². The molecule has 0 radical (unpaired) electrons. The maximum atomic E-state index is 6.08. The summed E-state index contributed by atoms with van der Waals surface area (Å²) in [5, 5.41) is 0. The average Bonchev–Trinajstić information content (AvgIpc) is 2.76. The summed E-state index contributed by atoms with van der Waals surface area (Å²) >= 11 is 0. The number of nitrogens with two attached hydrogens (primary N) is 1. The van der Waals surface area contributed by atoms with Crippen molar-refractivity contribution in [3.63, 3.8) is 0 Å². The van der Waals surface area contributed by atoms with Gasteiger partial charge in [0.1, 0.15) is 5.52 Å². The van der Waals surface area contributed by atoms with Crippen LogP contribution in [-0.4, -0.2) is 10.5 Å². The number of aryl methyl sites for hydroxylation is 1. The Morgan fingerprint density at radius 1 is 1.47 bits per heavy atom. The smallest absolute Gasteiger partial charge is 0.192 e. The zero-order chi connectivity index (χ0) is 10.5. The third-order valence-electron chi connectivity index (χ3n) is 3.01. The van der Waals surface area contributed by atoms with Crippen LogP contribution >= 0.6 is 0 Å². The molecule has 2 aromatic rings. The zero-order valence-corrected chi connectivity index (χ0v) is 8.79. The molecule has 3 heteroatoms. The number of hydrogen-bond donors (Lipinski definition) is 1. The van der Waals surface area contributed by atoms with E-state index in [1.54, 1.807) is 0 Å². The number of aromatic nitrogens is 1. The van der Waals surface area contributed by atoms with Crippen molar-refractivity contribution >= 4 is 11.1 Å². The van der Waals surface area contributed by atoms with Crippen molar-refractivity contribution in [2.45, 2.75) is 31.7 Å². The Hall–Kier alpha value is -1.35. The number of fused-ring (bicyclic) bond motifs is 1. The van der Waals surface area contributed by atoms with Crippen LogP contribution in [0.3, 0.4) is 0 Å². The minimum atomic E-state index is 0.0620. The summed E-state index contributed by atoms with van der Waals surface area (Å²) < 4.78 is 5.43. The van der Waals surface area contributed by atoms with Gasteiger partial charge >= 0.3 is 0 Å².